The van der Waals surface area contributed by atoms with Gasteiger partial charge < -0.3 is 4.90 Å². The van der Waals surface area contributed by atoms with Gasteiger partial charge in [0.05, 0.1) is 4.90 Å². The van der Waals surface area contributed by atoms with Crippen LogP contribution in [0.2, 0.25) is 0 Å². The molecule has 0 radical (unpaired) electrons. The molecular formula is C17H20N6O2S. The maximum absolute atomic E-state index is 12.9. The maximum atomic E-state index is 12.9. The normalized spacial score (nSPS) is 16.3. The molecule has 0 aliphatic carbocycles. The summed E-state index contributed by atoms with van der Waals surface area (Å²) >= 11 is 0. The molecule has 0 saturated carbocycles. The molecule has 2 aromatic heterocycles. The van der Waals surface area contributed by atoms with Gasteiger partial charge in [-0.3, -0.25) is 0 Å². The number of anilines is 1. The summed E-state index contributed by atoms with van der Waals surface area (Å²) in [5.41, 5.74) is 2.59. The summed E-state index contributed by atoms with van der Waals surface area (Å²) in [5.74, 6) is 0.792. The zero-order chi connectivity index (χ0) is 18.3. The SMILES string of the molecule is Cc1cc(C)cc(S(=O)(=O)N2CCN(c3ccc4nncn4n3)CC2)c1. The van der Waals surface area contributed by atoms with E-state index in [1.807, 2.05) is 32.0 Å². The molecule has 0 N–H and O–H groups in total. The second-order valence-electron chi connectivity index (χ2n) is 6.54. The molecule has 8 nitrogen and oxygen atoms in total. The molecule has 0 amide bonds. The van der Waals surface area contributed by atoms with Gasteiger partial charge in [0.2, 0.25) is 10.0 Å². The number of fused-ring (bicyclic) bond motifs is 1. The Morgan fingerprint density at radius 3 is 2.35 bits per heavy atom. The molecule has 3 aromatic rings. The van der Waals surface area contributed by atoms with Crippen LogP contribution >= 0.6 is 0 Å². The third kappa shape index (κ3) is 3.04. The number of benzene rings is 1. The molecule has 0 spiro atoms. The fraction of sp³-hybridized carbons (Fsp3) is 0.353. The molecule has 4 rings (SSSR count). The zero-order valence-electron chi connectivity index (χ0n) is 14.7. The summed E-state index contributed by atoms with van der Waals surface area (Å²) in [6.45, 7) is 5.86. The molecule has 26 heavy (non-hydrogen) atoms. The minimum Gasteiger partial charge on any atom is -0.353 e. The van der Waals surface area contributed by atoms with Crippen molar-refractivity contribution < 1.29 is 8.42 Å². The molecule has 0 bridgehead atoms. The molecule has 1 saturated heterocycles. The van der Waals surface area contributed by atoms with Crippen LogP contribution in [-0.4, -0.2) is 58.7 Å². The number of aryl methyl sites for hydroxylation is 2. The number of hydrogen-bond acceptors (Lipinski definition) is 6. The number of piperazine rings is 1. The van der Waals surface area contributed by atoms with Crippen molar-refractivity contribution in [1.82, 2.24) is 24.1 Å². The molecule has 1 fully saturated rings. The molecule has 136 valence electrons. The van der Waals surface area contributed by atoms with Crippen molar-refractivity contribution in [3.05, 3.63) is 47.8 Å². The first kappa shape index (κ1) is 16.9. The van der Waals surface area contributed by atoms with Crippen LogP contribution in [0.1, 0.15) is 11.1 Å². The van der Waals surface area contributed by atoms with Crippen LogP contribution in [0.5, 0.6) is 0 Å². The minimum atomic E-state index is -3.48. The monoisotopic (exact) mass is 372 g/mol. The van der Waals surface area contributed by atoms with E-state index in [-0.39, 0.29) is 0 Å². The molecular weight excluding hydrogens is 352 g/mol. The van der Waals surface area contributed by atoms with E-state index in [4.69, 9.17) is 0 Å². The van der Waals surface area contributed by atoms with Crippen molar-refractivity contribution in [3.8, 4) is 0 Å². The van der Waals surface area contributed by atoms with E-state index < -0.39 is 10.0 Å². The van der Waals surface area contributed by atoms with E-state index >= 15 is 0 Å². The predicted octanol–water partition coefficient (Wildman–Crippen LogP) is 1.25. The second-order valence-corrected chi connectivity index (χ2v) is 8.48. The molecule has 1 aliphatic heterocycles. The standard InChI is InChI=1S/C17H20N6O2S/c1-13-9-14(2)11-15(10-13)26(24,25)22-7-5-21(6-8-22)17-4-3-16-19-18-12-23(16)20-17/h3-4,9-12H,5-8H2,1-2H3. The second kappa shape index (κ2) is 6.33. The van der Waals surface area contributed by atoms with Crippen LogP contribution in [0.15, 0.2) is 41.6 Å². The Labute approximate surface area is 152 Å². The first-order chi connectivity index (χ1) is 12.4. The number of rotatable bonds is 3. The van der Waals surface area contributed by atoms with Crippen molar-refractivity contribution in [2.45, 2.75) is 18.7 Å². The number of hydrogen-bond donors (Lipinski definition) is 0. The van der Waals surface area contributed by atoms with Crippen molar-refractivity contribution in [1.29, 1.82) is 0 Å². The number of sulfonamides is 1. The first-order valence-corrected chi connectivity index (χ1v) is 9.88. The van der Waals surface area contributed by atoms with E-state index in [1.54, 1.807) is 27.3 Å². The minimum absolute atomic E-state index is 0.368. The molecule has 1 aliphatic rings. The van der Waals surface area contributed by atoms with E-state index in [0.717, 1.165) is 16.9 Å². The van der Waals surface area contributed by atoms with Crippen LogP contribution in [0.3, 0.4) is 0 Å². The first-order valence-electron chi connectivity index (χ1n) is 8.44. The highest BCUT2D eigenvalue weighted by molar-refractivity contribution is 7.89. The van der Waals surface area contributed by atoms with Crippen LogP contribution in [-0.2, 0) is 10.0 Å². The average Bonchev–Trinajstić information content (AvgIpc) is 3.08. The summed E-state index contributed by atoms with van der Waals surface area (Å²) < 4.78 is 29.1. The highest BCUT2D eigenvalue weighted by Gasteiger charge is 2.29. The van der Waals surface area contributed by atoms with Gasteiger partial charge in [0.15, 0.2) is 5.65 Å². The smallest absolute Gasteiger partial charge is 0.243 e. The van der Waals surface area contributed by atoms with Gasteiger partial charge in [-0.25, -0.2) is 8.42 Å². The lowest BCUT2D eigenvalue weighted by atomic mass is 10.2. The third-order valence-electron chi connectivity index (χ3n) is 4.54. The fourth-order valence-electron chi connectivity index (χ4n) is 3.28. The molecule has 0 atom stereocenters. The summed E-state index contributed by atoms with van der Waals surface area (Å²) in [7, 11) is -3.48. The van der Waals surface area contributed by atoms with Gasteiger partial charge in [0.25, 0.3) is 0 Å². The average molecular weight is 372 g/mol. The van der Waals surface area contributed by atoms with Crippen molar-refractivity contribution in [2.24, 2.45) is 0 Å². The zero-order valence-corrected chi connectivity index (χ0v) is 15.5. The Hall–Kier alpha value is -2.52. The van der Waals surface area contributed by atoms with E-state index in [1.165, 1.54) is 0 Å². The van der Waals surface area contributed by atoms with Gasteiger partial charge in [-0.05, 0) is 49.2 Å². The lowest BCUT2D eigenvalue weighted by Crippen LogP contribution is -2.49. The van der Waals surface area contributed by atoms with Gasteiger partial charge in [-0.15, -0.1) is 15.3 Å². The highest BCUT2D eigenvalue weighted by atomic mass is 32.2. The van der Waals surface area contributed by atoms with Crippen LogP contribution in [0.4, 0.5) is 5.82 Å². The topological polar surface area (TPSA) is 83.7 Å². The van der Waals surface area contributed by atoms with Gasteiger partial charge in [0.1, 0.15) is 12.1 Å². The van der Waals surface area contributed by atoms with Crippen molar-refractivity contribution in [2.75, 3.05) is 31.1 Å². The Morgan fingerprint density at radius 1 is 0.962 bits per heavy atom. The van der Waals surface area contributed by atoms with Gasteiger partial charge in [-0.1, -0.05) is 6.07 Å². The summed E-state index contributed by atoms with van der Waals surface area (Å²) in [5, 5.41) is 12.2. The lowest BCUT2D eigenvalue weighted by Gasteiger charge is -2.34. The Balaban J connectivity index is 1.52. The Morgan fingerprint density at radius 2 is 1.65 bits per heavy atom. The quantitative estimate of drug-likeness (QED) is 0.688. The predicted molar refractivity (Wildman–Crippen MR) is 97.7 cm³/mol. The number of aromatic nitrogens is 4. The Bertz CT molecular complexity index is 1030. The van der Waals surface area contributed by atoms with Gasteiger partial charge in [-0.2, -0.15) is 8.82 Å². The molecule has 9 heteroatoms. The Kier molecular flexibility index (Phi) is 4.12. The van der Waals surface area contributed by atoms with Crippen LogP contribution in [0, 0.1) is 13.8 Å². The molecule has 3 heterocycles. The lowest BCUT2D eigenvalue weighted by molar-refractivity contribution is 0.383. The number of nitrogens with zero attached hydrogens (tertiary/aromatic N) is 6. The maximum Gasteiger partial charge on any atom is 0.243 e. The largest absolute Gasteiger partial charge is 0.353 e. The van der Waals surface area contributed by atoms with Crippen LogP contribution in [0.25, 0.3) is 5.65 Å². The van der Waals surface area contributed by atoms with Crippen molar-refractivity contribution >= 4 is 21.5 Å². The third-order valence-corrected chi connectivity index (χ3v) is 6.42. The van der Waals surface area contributed by atoms with Gasteiger partial charge >= 0.3 is 0 Å². The van der Waals surface area contributed by atoms with Gasteiger partial charge in [0, 0.05) is 26.2 Å². The van der Waals surface area contributed by atoms with E-state index in [9.17, 15) is 8.42 Å². The van der Waals surface area contributed by atoms with E-state index in [2.05, 4.69) is 20.2 Å². The highest BCUT2D eigenvalue weighted by Crippen LogP contribution is 2.22. The summed E-state index contributed by atoms with van der Waals surface area (Å²) in [4.78, 5) is 2.44. The van der Waals surface area contributed by atoms with E-state index in [0.29, 0.717) is 36.7 Å². The summed E-state index contributed by atoms with van der Waals surface area (Å²) in [6.07, 6.45) is 1.56. The molecule has 1 aromatic carbocycles. The molecule has 0 unspecified atom stereocenters. The summed E-state index contributed by atoms with van der Waals surface area (Å²) in [6, 6.07) is 9.18. The fourth-order valence-corrected chi connectivity index (χ4v) is 4.89. The van der Waals surface area contributed by atoms with Crippen molar-refractivity contribution in [3.63, 3.8) is 0 Å². The van der Waals surface area contributed by atoms with Crippen LogP contribution < -0.4 is 4.90 Å².